The van der Waals surface area contributed by atoms with E-state index in [-0.39, 0.29) is 17.4 Å². The van der Waals surface area contributed by atoms with Crippen LogP contribution in [0.15, 0.2) is 28.1 Å². The molecule has 0 aliphatic carbocycles. The molecule has 1 heterocycles. The number of nitrogens with one attached hydrogen (secondary N) is 1. The van der Waals surface area contributed by atoms with Gasteiger partial charge in [-0.1, -0.05) is 4.49 Å². The molecule has 0 saturated carbocycles. The van der Waals surface area contributed by atoms with Gasteiger partial charge in [0.15, 0.2) is 5.69 Å². The Hall–Kier alpha value is -1.34. The summed E-state index contributed by atoms with van der Waals surface area (Å²) in [5.74, 6) is -0.749. The molecular weight excluding hydrogens is 297 g/mol. The van der Waals surface area contributed by atoms with Crippen LogP contribution in [-0.2, 0) is 0 Å². The van der Waals surface area contributed by atoms with Crippen LogP contribution in [0.4, 0.5) is 10.1 Å². The van der Waals surface area contributed by atoms with Gasteiger partial charge in [-0.05, 0) is 45.7 Å². The minimum atomic E-state index is -0.375. The van der Waals surface area contributed by atoms with Crippen molar-refractivity contribution in [3.8, 4) is 0 Å². The zero-order valence-corrected chi connectivity index (χ0v) is 10.2. The third kappa shape index (κ3) is 2.42. The number of halogens is 2. The van der Waals surface area contributed by atoms with Gasteiger partial charge in [0.25, 0.3) is 5.91 Å². The van der Waals surface area contributed by atoms with Crippen molar-refractivity contribution in [2.24, 2.45) is 0 Å². The average molecular weight is 302 g/mol. The van der Waals surface area contributed by atoms with Crippen LogP contribution in [0, 0.1) is 5.82 Å². The van der Waals surface area contributed by atoms with Crippen LogP contribution >= 0.6 is 27.5 Å². The van der Waals surface area contributed by atoms with Gasteiger partial charge in [0, 0.05) is 9.85 Å². The minimum Gasteiger partial charge on any atom is -0.320 e. The van der Waals surface area contributed by atoms with Gasteiger partial charge in [-0.25, -0.2) is 4.39 Å². The van der Waals surface area contributed by atoms with Crippen molar-refractivity contribution in [2.75, 3.05) is 5.32 Å². The first-order valence-electron chi connectivity index (χ1n) is 4.20. The lowest BCUT2D eigenvalue weighted by atomic mass is 10.3. The Labute approximate surface area is 103 Å². The quantitative estimate of drug-likeness (QED) is 0.928. The summed E-state index contributed by atoms with van der Waals surface area (Å²) in [6.45, 7) is 0. The summed E-state index contributed by atoms with van der Waals surface area (Å²) in [6.07, 6.45) is 0. The highest BCUT2D eigenvalue weighted by atomic mass is 79.9. The van der Waals surface area contributed by atoms with E-state index >= 15 is 0 Å². The van der Waals surface area contributed by atoms with E-state index in [1.54, 1.807) is 0 Å². The molecule has 0 radical (unpaired) electrons. The van der Waals surface area contributed by atoms with Crippen molar-refractivity contribution in [3.05, 3.63) is 39.6 Å². The van der Waals surface area contributed by atoms with E-state index < -0.39 is 0 Å². The minimum absolute atomic E-state index is 0.237. The number of benzene rings is 1. The highest BCUT2D eigenvalue weighted by Gasteiger charge is 2.10. The highest BCUT2D eigenvalue weighted by molar-refractivity contribution is 9.10. The third-order valence-corrected chi connectivity index (χ3v) is 2.93. The standard InChI is InChI=1S/C9H5BrFN3OS/c10-6-3-5(11)1-2-7(6)12-9(15)8-4-16-14-13-8/h1-4H,(H,12,15). The zero-order chi connectivity index (χ0) is 11.5. The van der Waals surface area contributed by atoms with Gasteiger partial charge in [0.1, 0.15) is 5.82 Å². The maximum absolute atomic E-state index is 12.8. The molecule has 2 aromatic rings. The second kappa shape index (κ2) is 4.67. The number of hydrogen-bond acceptors (Lipinski definition) is 4. The summed E-state index contributed by atoms with van der Waals surface area (Å²) in [5.41, 5.74) is 0.723. The molecule has 16 heavy (non-hydrogen) atoms. The smallest absolute Gasteiger partial charge is 0.277 e. The summed E-state index contributed by atoms with van der Waals surface area (Å²) in [5, 5.41) is 7.75. The van der Waals surface area contributed by atoms with Crippen LogP contribution in [0.25, 0.3) is 0 Å². The van der Waals surface area contributed by atoms with Crippen molar-refractivity contribution >= 4 is 39.1 Å². The molecule has 0 saturated heterocycles. The van der Waals surface area contributed by atoms with Crippen LogP contribution in [0.1, 0.15) is 10.5 Å². The van der Waals surface area contributed by atoms with Gasteiger partial charge in [-0.2, -0.15) is 0 Å². The molecule has 1 aromatic carbocycles. The Balaban J connectivity index is 2.18. The zero-order valence-electron chi connectivity index (χ0n) is 7.78. The average Bonchev–Trinajstić information content (AvgIpc) is 2.75. The molecule has 1 amide bonds. The van der Waals surface area contributed by atoms with E-state index in [1.807, 2.05) is 0 Å². The Morgan fingerprint density at radius 1 is 1.50 bits per heavy atom. The van der Waals surface area contributed by atoms with E-state index in [0.717, 1.165) is 11.5 Å². The van der Waals surface area contributed by atoms with Crippen molar-refractivity contribution in [1.29, 1.82) is 0 Å². The van der Waals surface area contributed by atoms with E-state index in [1.165, 1.54) is 23.6 Å². The molecular formula is C9H5BrFN3OS. The highest BCUT2D eigenvalue weighted by Crippen LogP contribution is 2.23. The van der Waals surface area contributed by atoms with Crippen LogP contribution < -0.4 is 5.32 Å². The number of nitrogens with zero attached hydrogens (tertiary/aromatic N) is 2. The van der Waals surface area contributed by atoms with Gasteiger partial charge >= 0.3 is 0 Å². The topological polar surface area (TPSA) is 54.9 Å². The molecule has 0 aliphatic rings. The fraction of sp³-hybridized carbons (Fsp3) is 0. The van der Waals surface area contributed by atoms with Crippen LogP contribution in [0.3, 0.4) is 0 Å². The van der Waals surface area contributed by atoms with Gasteiger partial charge in [-0.3, -0.25) is 4.79 Å². The fourth-order valence-electron chi connectivity index (χ4n) is 1.04. The van der Waals surface area contributed by atoms with E-state index in [4.69, 9.17) is 0 Å². The first kappa shape index (κ1) is 11.2. The summed E-state index contributed by atoms with van der Waals surface area (Å²) < 4.78 is 16.9. The molecule has 4 nitrogen and oxygen atoms in total. The second-order valence-electron chi connectivity index (χ2n) is 2.87. The fourth-order valence-corrected chi connectivity index (χ4v) is 1.93. The van der Waals surface area contributed by atoms with Gasteiger partial charge in [-0.15, -0.1) is 5.10 Å². The number of hydrogen-bond donors (Lipinski definition) is 1. The summed E-state index contributed by atoms with van der Waals surface area (Å²) in [4.78, 5) is 11.6. The summed E-state index contributed by atoms with van der Waals surface area (Å²) in [7, 11) is 0. The summed E-state index contributed by atoms with van der Waals surface area (Å²) in [6, 6.07) is 4.01. The summed E-state index contributed by atoms with van der Waals surface area (Å²) >= 11 is 4.24. The molecule has 1 N–H and O–H groups in total. The Kier molecular flexibility index (Phi) is 3.25. The predicted molar refractivity (Wildman–Crippen MR) is 62.0 cm³/mol. The Morgan fingerprint density at radius 3 is 2.94 bits per heavy atom. The van der Waals surface area contributed by atoms with Gasteiger partial charge < -0.3 is 5.32 Å². The molecule has 0 fully saturated rings. The molecule has 0 unspecified atom stereocenters. The first-order chi connectivity index (χ1) is 7.66. The molecule has 2 rings (SSSR count). The lowest BCUT2D eigenvalue weighted by molar-refractivity contribution is 0.102. The van der Waals surface area contributed by atoms with Crippen molar-refractivity contribution in [2.45, 2.75) is 0 Å². The molecule has 0 bridgehead atoms. The van der Waals surface area contributed by atoms with E-state index in [2.05, 4.69) is 30.8 Å². The Bertz CT molecular complexity index is 517. The lowest BCUT2D eigenvalue weighted by Crippen LogP contribution is -2.12. The van der Waals surface area contributed by atoms with Gasteiger partial charge in [0.2, 0.25) is 0 Å². The number of amides is 1. The maximum atomic E-state index is 12.8. The second-order valence-corrected chi connectivity index (χ2v) is 4.33. The lowest BCUT2D eigenvalue weighted by Gasteiger charge is -2.05. The van der Waals surface area contributed by atoms with Crippen LogP contribution in [0.2, 0.25) is 0 Å². The van der Waals surface area contributed by atoms with E-state index in [9.17, 15) is 9.18 Å². The van der Waals surface area contributed by atoms with Crippen LogP contribution in [0.5, 0.6) is 0 Å². The number of aromatic nitrogens is 2. The van der Waals surface area contributed by atoms with Crippen molar-refractivity contribution < 1.29 is 9.18 Å². The maximum Gasteiger partial charge on any atom is 0.277 e. The van der Waals surface area contributed by atoms with Gasteiger partial charge in [0.05, 0.1) is 5.69 Å². The molecule has 0 atom stereocenters. The van der Waals surface area contributed by atoms with Crippen LogP contribution in [-0.4, -0.2) is 15.5 Å². The largest absolute Gasteiger partial charge is 0.320 e. The molecule has 0 spiro atoms. The third-order valence-electron chi connectivity index (χ3n) is 1.77. The molecule has 7 heteroatoms. The normalized spacial score (nSPS) is 10.1. The van der Waals surface area contributed by atoms with E-state index in [0.29, 0.717) is 10.2 Å². The monoisotopic (exact) mass is 301 g/mol. The number of carbonyl (C=O) groups excluding carboxylic acids is 1. The number of rotatable bonds is 2. The molecule has 0 aliphatic heterocycles. The number of anilines is 1. The predicted octanol–water partition coefficient (Wildman–Crippen LogP) is 2.69. The van der Waals surface area contributed by atoms with Crippen molar-refractivity contribution in [1.82, 2.24) is 9.59 Å². The molecule has 1 aromatic heterocycles. The van der Waals surface area contributed by atoms with Crippen molar-refractivity contribution in [3.63, 3.8) is 0 Å². The molecule has 82 valence electrons. The SMILES string of the molecule is O=C(Nc1ccc(F)cc1Br)c1csnn1. The number of carbonyl (C=O) groups is 1. The first-order valence-corrected chi connectivity index (χ1v) is 5.83. The Morgan fingerprint density at radius 2 is 2.31 bits per heavy atom.